The van der Waals surface area contributed by atoms with Crippen LogP contribution in [0.15, 0.2) is 32.4 Å². The monoisotopic (exact) mass is 429 g/mol. The lowest BCUT2D eigenvalue weighted by Gasteiger charge is -2.14. The first-order valence-electron chi connectivity index (χ1n) is 6.63. The molecule has 0 unspecified atom stereocenters. The number of imide groups is 1. The zero-order valence-corrected chi connectivity index (χ0v) is 14.9. The number of hydrogen-bond donors (Lipinski definition) is 2. The van der Waals surface area contributed by atoms with Gasteiger partial charge >= 0.3 is 0 Å². The van der Waals surface area contributed by atoms with E-state index in [2.05, 4.69) is 15.9 Å². The standard InChI is InChI=1S/C14H9BrFN3O5S/c1-25(23,24)9-4-7(16)8(3-6(9)15)19-10(20)2-5-11(12(19)17)14(22)18-13(5)21/h2-4H,17H2,1H3,(H,18,21,22). The van der Waals surface area contributed by atoms with Gasteiger partial charge < -0.3 is 5.73 Å². The third-order valence-electron chi connectivity index (χ3n) is 3.60. The second-order valence-corrected chi connectivity index (χ2v) is 8.12. The lowest BCUT2D eigenvalue weighted by molar-refractivity contribution is 0.0880. The second-order valence-electron chi connectivity index (χ2n) is 5.28. The van der Waals surface area contributed by atoms with Crippen LogP contribution in [0.25, 0.3) is 5.69 Å². The molecule has 1 aliphatic rings. The molecule has 130 valence electrons. The third kappa shape index (κ3) is 2.65. The van der Waals surface area contributed by atoms with E-state index in [1.165, 1.54) is 0 Å². The van der Waals surface area contributed by atoms with Crippen molar-refractivity contribution in [3.8, 4) is 5.69 Å². The second kappa shape index (κ2) is 5.49. The topological polar surface area (TPSA) is 128 Å². The van der Waals surface area contributed by atoms with Crippen molar-refractivity contribution in [1.82, 2.24) is 9.88 Å². The maximum atomic E-state index is 14.5. The van der Waals surface area contributed by atoms with Crippen LogP contribution < -0.4 is 16.6 Å². The van der Waals surface area contributed by atoms with Gasteiger partial charge in [-0.15, -0.1) is 0 Å². The summed E-state index contributed by atoms with van der Waals surface area (Å²) in [6, 6.07) is 2.66. The van der Waals surface area contributed by atoms with Crippen molar-refractivity contribution >= 4 is 43.4 Å². The number of aromatic nitrogens is 1. The summed E-state index contributed by atoms with van der Waals surface area (Å²) in [7, 11) is -3.72. The fourth-order valence-corrected chi connectivity index (χ4v) is 4.45. The molecule has 0 bridgehead atoms. The van der Waals surface area contributed by atoms with E-state index in [4.69, 9.17) is 5.73 Å². The van der Waals surface area contributed by atoms with Crippen molar-refractivity contribution < 1.29 is 22.4 Å². The minimum absolute atomic E-state index is 0.0127. The van der Waals surface area contributed by atoms with E-state index in [-0.39, 0.29) is 26.2 Å². The van der Waals surface area contributed by atoms with Gasteiger partial charge in [0.2, 0.25) is 0 Å². The molecule has 2 aromatic rings. The number of nitrogen functional groups attached to an aromatic ring is 1. The molecule has 0 aliphatic carbocycles. The molecule has 2 heterocycles. The Morgan fingerprint density at radius 3 is 2.40 bits per heavy atom. The van der Waals surface area contributed by atoms with Crippen molar-refractivity contribution in [3.63, 3.8) is 0 Å². The third-order valence-corrected chi connectivity index (χ3v) is 5.65. The molecule has 0 spiro atoms. The van der Waals surface area contributed by atoms with E-state index in [1.807, 2.05) is 5.32 Å². The quantitative estimate of drug-likeness (QED) is 0.672. The minimum atomic E-state index is -3.72. The Labute approximate surface area is 148 Å². The van der Waals surface area contributed by atoms with Gasteiger partial charge in [-0.2, -0.15) is 0 Å². The van der Waals surface area contributed by atoms with E-state index in [0.29, 0.717) is 4.57 Å². The SMILES string of the molecule is CS(=O)(=O)c1cc(F)c(-n2c(N)c3c(cc2=O)C(=O)NC3=O)cc1Br. The van der Waals surface area contributed by atoms with Crippen molar-refractivity contribution in [3.05, 3.63) is 50.0 Å². The van der Waals surface area contributed by atoms with Crippen LogP contribution in [0.1, 0.15) is 20.7 Å². The smallest absolute Gasteiger partial charge is 0.262 e. The predicted octanol–water partition coefficient (Wildman–Crippen LogP) is 0.608. The average molecular weight is 430 g/mol. The van der Waals surface area contributed by atoms with Crippen molar-refractivity contribution in [2.24, 2.45) is 0 Å². The summed E-state index contributed by atoms with van der Waals surface area (Å²) in [5.74, 6) is -3.05. The summed E-state index contributed by atoms with van der Waals surface area (Å²) in [6.07, 6.45) is 0.901. The van der Waals surface area contributed by atoms with Crippen molar-refractivity contribution in [2.45, 2.75) is 4.90 Å². The number of nitrogens with one attached hydrogen (secondary N) is 1. The van der Waals surface area contributed by atoms with Crippen LogP contribution in [0.4, 0.5) is 10.2 Å². The maximum absolute atomic E-state index is 14.5. The Balaban J connectivity index is 2.35. The van der Waals surface area contributed by atoms with E-state index < -0.39 is 38.8 Å². The van der Waals surface area contributed by atoms with E-state index in [1.54, 1.807) is 0 Å². The fourth-order valence-electron chi connectivity index (χ4n) is 2.50. The van der Waals surface area contributed by atoms with Gasteiger partial charge in [-0.1, -0.05) is 0 Å². The van der Waals surface area contributed by atoms with Crippen LogP contribution in [0.2, 0.25) is 0 Å². The molecule has 0 fully saturated rings. The zero-order chi connectivity index (χ0) is 18.7. The number of rotatable bonds is 2. The number of pyridine rings is 1. The molecule has 0 radical (unpaired) electrons. The van der Waals surface area contributed by atoms with Gasteiger partial charge in [-0.25, -0.2) is 12.8 Å². The molecule has 0 saturated carbocycles. The number of hydrogen-bond acceptors (Lipinski definition) is 6. The van der Waals surface area contributed by atoms with Gasteiger partial charge in [-0.05, 0) is 28.1 Å². The van der Waals surface area contributed by atoms with Gasteiger partial charge in [-0.3, -0.25) is 24.3 Å². The molecule has 25 heavy (non-hydrogen) atoms. The molecular weight excluding hydrogens is 421 g/mol. The molecule has 3 rings (SSSR count). The van der Waals surface area contributed by atoms with Gasteiger partial charge in [0.25, 0.3) is 17.4 Å². The van der Waals surface area contributed by atoms with Crippen LogP contribution in [-0.4, -0.2) is 31.1 Å². The van der Waals surface area contributed by atoms with Crippen LogP contribution in [0, 0.1) is 5.82 Å². The van der Waals surface area contributed by atoms with Gasteiger partial charge in [0.05, 0.1) is 21.7 Å². The number of halogens is 2. The Morgan fingerprint density at radius 1 is 1.16 bits per heavy atom. The molecule has 1 aromatic heterocycles. The zero-order valence-electron chi connectivity index (χ0n) is 12.5. The number of nitrogens with two attached hydrogens (primary N) is 1. The first-order valence-corrected chi connectivity index (χ1v) is 9.31. The Morgan fingerprint density at radius 2 is 1.80 bits per heavy atom. The Hall–Kier alpha value is -2.53. The highest BCUT2D eigenvalue weighted by Crippen LogP contribution is 2.29. The molecular formula is C14H9BrFN3O5S. The molecule has 11 heteroatoms. The summed E-state index contributed by atoms with van der Waals surface area (Å²) >= 11 is 3.01. The van der Waals surface area contributed by atoms with Crippen molar-refractivity contribution in [1.29, 1.82) is 0 Å². The van der Waals surface area contributed by atoms with Crippen molar-refractivity contribution in [2.75, 3.05) is 12.0 Å². The predicted molar refractivity (Wildman–Crippen MR) is 89.0 cm³/mol. The summed E-state index contributed by atoms with van der Waals surface area (Å²) in [5, 5.41) is 1.99. The lowest BCUT2D eigenvalue weighted by atomic mass is 10.1. The lowest BCUT2D eigenvalue weighted by Crippen LogP contribution is -2.25. The molecule has 3 N–H and O–H groups in total. The molecule has 1 aromatic carbocycles. The highest BCUT2D eigenvalue weighted by atomic mass is 79.9. The number of anilines is 1. The number of amides is 2. The summed E-state index contributed by atoms with van der Waals surface area (Å²) in [5.41, 5.74) is 4.16. The van der Waals surface area contributed by atoms with Crippen LogP contribution in [0.3, 0.4) is 0 Å². The normalized spacial score (nSPS) is 13.7. The molecule has 0 saturated heterocycles. The van der Waals surface area contributed by atoms with E-state index in [9.17, 15) is 27.2 Å². The van der Waals surface area contributed by atoms with E-state index >= 15 is 0 Å². The number of carbonyl (C=O) groups excluding carboxylic acids is 2. The van der Waals surface area contributed by atoms with Gasteiger partial charge in [0.1, 0.15) is 11.6 Å². The first-order chi connectivity index (χ1) is 11.5. The van der Waals surface area contributed by atoms with Gasteiger partial charge in [0.15, 0.2) is 9.84 Å². The van der Waals surface area contributed by atoms with Gasteiger partial charge in [0, 0.05) is 16.8 Å². The number of fused-ring (bicyclic) bond motifs is 1. The molecule has 0 atom stereocenters. The minimum Gasteiger partial charge on any atom is -0.384 e. The highest BCUT2D eigenvalue weighted by molar-refractivity contribution is 9.10. The van der Waals surface area contributed by atoms with Crippen LogP contribution in [-0.2, 0) is 9.84 Å². The average Bonchev–Trinajstić information content (AvgIpc) is 2.75. The molecule has 1 aliphatic heterocycles. The van der Waals surface area contributed by atoms with Crippen LogP contribution >= 0.6 is 15.9 Å². The number of sulfone groups is 1. The summed E-state index contributed by atoms with van der Waals surface area (Å²) in [6.45, 7) is 0. The molecule has 2 amide bonds. The van der Waals surface area contributed by atoms with Crippen LogP contribution in [0.5, 0.6) is 0 Å². The molecule has 8 nitrogen and oxygen atoms in total. The number of carbonyl (C=O) groups is 2. The largest absolute Gasteiger partial charge is 0.384 e. The summed E-state index contributed by atoms with van der Waals surface area (Å²) < 4.78 is 38.5. The maximum Gasteiger partial charge on any atom is 0.262 e. The van der Waals surface area contributed by atoms with E-state index in [0.717, 1.165) is 24.5 Å². The highest BCUT2D eigenvalue weighted by Gasteiger charge is 2.32. The summed E-state index contributed by atoms with van der Waals surface area (Å²) in [4.78, 5) is 35.4. The fraction of sp³-hybridized carbons (Fsp3) is 0.0714. The first kappa shape index (κ1) is 17.3. The Kier molecular flexibility index (Phi) is 3.80. The Bertz CT molecular complexity index is 1140. The number of nitrogens with zero attached hydrogens (tertiary/aromatic N) is 1. The number of benzene rings is 1.